The van der Waals surface area contributed by atoms with Crippen molar-refractivity contribution < 1.29 is 5.11 Å². The lowest BCUT2D eigenvalue weighted by Crippen LogP contribution is -2.35. The van der Waals surface area contributed by atoms with Crippen molar-refractivity contribution in [3.05, 3.63) is 20.8 Å². The molecule has 0 fully saturated rings. The number of hydrogen-bond donors (Lipinski definition) is 4. The van der Waals surface area contributed by atoms with Gasteiger partial charge in [0.05, 0.1) is 0 Å². The maximum absolute atomic E-state index is 11.7. The summed E-state index contributed by atoms with van der Waals surface area (Å²) in [5, 5.41) is 11.7. The number of nitrogen functional groups attached to an aromatic ring is 1. The van der Waals surface area contributed by atoms with Gasteiger partial charge in [0.25, 0.3) is 5.56 Å². The molecule has 18 heavy (non-hydrogen) atoms. The molecule has 1 aromatic heterocycles. The van der Waals surface area contributed by atoms with Crippen LogP contribution in [0, 0.1) is 0 Å². The zero-order chi connectivity index (χ0) is 13.7. The second kappa shape index (κ2) is 6.25. The first-order chi connectivity index (χ1) is 8.51. The van der Waals surface area contributed by atoms with E-state index in [4.69, 9.17) is 10.8 Å². The fourth-order valence-electron chi connectivity index (χ4n) is 1.76. The molecule has 0 spiro atoms. The number of nitrogens with zero attached hydrogens (tertiary/aromatic N) is 1. The van der Waals surface area contributed by atoms with Gasteiger partial charge < -0.3 is 16.2 Å². The normalized spacial score (nSPS) is 12.4. The highest BCUT2D eigenvalue weighted by Gasteiger charge is 2.13. The Balaban J connectivity index is 3.02. The van der Waals surface area contributed by atoms with Crippen LogP contribution in [-0.4, -0.2) is 27.3 Å². The molecule has 1 atom stereocenters. The first kappa shape index (κ1) is 14.3. The van der Waals surface area contributed by atoms with Crippen LogP contribution in [0.3, 0.4) is 0 Å². The van der Waals surface area contributed by atoms with Crippen LogP contribution < -0.4 is 22.3 Å². The molecule has 102 valence electrons. The van der Waals surface area contributed by atoms with Gasteiger partial charge in [-0.05, 0) is 26.7 Å². The van der Waals surface area contributed by atoms with E-state index in [0.29, 0.717) is 19.4 Å². The smallest absolute Gasteiger partial charge is 0.330 e. The Kier molecular flexibility index (Phi) is 4.96. The van der Waals surface area contributed by atoms with Gasteiger partial charge in [-0.3, -0.25) is 14.3 Å². The van der Waals surface area contributed by atoms with Gasteiger partial charge in [-0.25, -0.2) is 4.79 Å². The summed E-state index contributed by atoms with van der Waals surface area (Å²) in [6.07, 6.45) is 1.35. The quantitative estimate of drug-likeness (QED) is 0.558. The van der Waals surface area contributed by atoms with E-state index in [2.05, 4.69) is 10.3 Å². The monoisotopic (exact) mass is 256 g/mol. The molecule has 0 amide bonds. The van der Waals surface area contributed by atoms with Gasteiger partial charge in [-0.1, -0.05) is 0 Å². The van der Waals surface area contributed by atoms with Crippen molar-refractivity contribution in [3.63, 3.8) is 0 Å². The topological polar surface area (TPSA) is 113 Å². The van der Waals surface area contributed by atoms with Crippen molar-refractivity contribution in [3.8, 4) is 0 Å². The summed E-state index contributed by atoms with van der Waals surface area (Å²) in [7, 11) is 0. The fraction of sp³-hybridized carbons (Fsp3) is 0.636. The number of nitrogens with one attached hydrogen (secondary N) is 2. The second-order valence-corrected chi connectivity index (χ2v) is 4.17. The first-order valence-electron chi connectivity index (χ1n) is 6.01. The van der Waals surface area contributed by atoms with E-state index < -0.39 is 11.2 Å². The number of nitrogens with two attached hydrogens (primary N) is 1. The molecule has 0 saturated carbocycles. The van der Waals surface area contributed by atoms with Gasteiger partial charge in [-0.15, -0.1) is 0 Å². The molecule has 0 aliphatic heterocycles. The molecule has 0 bridgehead atoms. The minimum absolute atomic E-state index is 0.0108. The van der Waals surface area contributed by atoms with Crippen molar-refractivity contribution in [1.29, 1.82) is 0 Å². The van der Waals surface area contributed by atoms with Crippen LogP contribution in [0.4, 0.5) is 11.5 Å². The van der Waals surface area contributed by atoms with Crippen LogP contribution in [-0.2, 0) is 6.54 Å². The fourth-order valence-corrected chi connectivity index (χ4v) is 1.76. The highest BCUT2D eigenvalue weighted by atomic mass is 16.3. The molecule has 0 radical (unpaired) electrons. The first-order valence-corrected chi connectivity index (χ1v) is 6.01. The maximum Gasteiger partial charge on any atom is 0.330 e. The summed E-state index contributed by atoms with van der Waals surface area (Å²) in [5.41, 5.74) is 4.99. The molecule has 1 unspecified atom stereocenters. The molecule has 1 aromatic rings. The predicted molar refractivity (Wildman–Crippen MR) is 70.8 cm³/mol. The molecular formula is C11H20N4O3. The van der Waals surface area contributed by atoms with Gasteiger partial charge in [0, 0.05) is 19.2 Å². The van der Waals surface area contributed by atoms with Crippen LogP contribution in [0.25, 0.3) is 0 Å². The lowest BCUT2D eigenvalue weighted by Gasteiger charge is -2.17. The van der Waals surface area contributed by atoms with Crippen LogP contribution >= 0.6 is 0 Å². The Morgan fingerprint density at radius 3 is 2.72 bits per heavy atom. The summed E-state index contributed by atoms with van der Waals surface area (Å²) in [6, 6.07) is -0.0108. The van der Waals surface area contributed by atoms with Crippen molar-refractivity contribution in [2.75, 3.05) is 17.7 Å². The maximum atomic E-state index is 11.7. The Morgan fingerprint density at radius 1 is 1.50 bits per heavy atom. The van der Waals surface area contributed by atoms with Crippen LogP contribution in [0.2, 0.25) is 0 Å². The average Bonchev–Trinajstić information content (AvgIpc) is 2.32. The molecule has 1 heterocycles. The summed E-state index contributed by atoms with van der Waals surface area (Å²) < 4.78 is 1.29. The van der Waals surface area contributed by atoms with Gasteiger partial charge in [-0.2, -0.15) is 0 Å². The number of hydrogen-bond acceptors (Lipinski definition) is 5. The minimum Gasteiger partial charge on any atom is -0.396 e. The zero-order valence-corrected chi connectivity index (χ0v) is 10.7. The van der Waals surface area contributed by atoms with E-state index in [-0.39, 0.29) is 24.2 Å². The molecule has 0 saturated heterocycles. The van der Waals surface area contributed by atoms with E-state index in [1.807, 2.05) is 6.92 Å². The second-order valence-electron chi connectivity index (χ2n) is 4.17. The van der Waals surface area contributed by atoms with Crippen molar-refractivity contribution in [2.45, 2.75) is 39.3 Å². The van der Waals surface area contributed by atoms with E-state index >= 15 is 0 Å². The average molecular weight is 256 g/mol. The van der Waals surface area contributed by atoms with Gasteiger partial charge in [0.2, 0.25) is 0 Å². The lowest BCUT2D eigenvalue weighted by molar-refractivity contribution is 0.282. The number of aliphatic hydroxyl groups is 1. The molecule has 1 rings (SSSR count). The third-order valence-corrected chi connectivity index (χ3v) is 2.74. The van der Waals surface area contributed by atoms with E-state index in [0.717, 1.165) is 0 Å². The summed E-state index contributed by atoms with van der Waals surface area (Å²) in [4.78, 5) is 25.4. The van der Waals surface area contributed by atoms with Crippen LogP contribution in [0.15, 0.2) is 9.59 Å². The number of rotatable bonds is 6. The Labute approximate surface area is 105 Å². The highest BCUT2D eigenvalue weighted by Crippen LogP contribution is 2.12. The van der Waals surface area contributed by atoms with Gasteiger partial charge >= 0.3 is 5.69 Å². The highest BCUT2D eigenvalue weighted by molar-refractivity contribution is 5.60. The third kappa shape index (κ3) is 3.13. The van der Waals surface area contributed by atoms with Crippen LogP contribution in [0.1, 0.15) is 26.7 Å². The van der Waals surface area contributed by atoms with E-state index in [1.54, 1.807) is 6.92 Å². The molecule has 5 N–H and O–H groups in total. The largest absolute Gasteiger partial charge is 0.396 e. The summed E-state index contributed by atoms with van der Waals surface area (Å²) in [6.45, 7) is 4.15. The summed E-state index contributed by atoms with van der Waals surface area (Å²) in [5.74, 6) is 0.141. The number of anilines is 2. The van der Waals surface area contributed by atoms with Crippen LogP contribution in [0.5, 0.6) is 0 Å². The molecule has 0 aliphatic carbocycles. The van der Waals surface area contributed by atoms with Crippen molar-refractivity contribution in [1.82, 2.24) is 9.55 Å². The lowest BCUT2D eigenvalue weighted by atomic mass is 10.2. The van der Waals surface area contributed by atoms with Crippen molar-refractivity contribution in [2.24, 2.45) is 0 Å². The molecule has 7 nitrogen and oxygen atoms in total. The summed E-state index contributed by atoms with van der Waals surface area (Å²) >= 11 is 0. The number of aromatic nitrogens is 2. The zero-order valence-electron chi connectivity index (χ0n) is 10.7. The molecule has 7 heteroatoms. The Morgan fingerprint density at radius 2 is 2.17 bits per heavy atom. The number of aliphatic hydroxyl groups excluding tert-OH is 1. The predicted octanol–water partition coefficient (Wildman–Crippen LogP) is -0.288. The number of aromatic amines is 1. The third-order valence-electron chi connectivity index (χ3n) is 2.74. The standard InChI is InChI=1S/C11H20N4O3/c1-3-15-9(12)8(10(17)14-11(15)18)13-7(2)5-4-6-16/h7,13,16H,3-6,12H2,1-2H3,(H,14,17,18). The number of H-pyrrole nitrogens is 1. The molecule has 0 aliphatic rings. The van der Waals surface area contributed by atoms with Gasteiger partial charge in [0.1, 0.15) is 11.5 Å². The van der Waals surface area contributed by atoms with E-state index in [1.165, 1.54) is 4.57 Å². The molecule has 0 aromatic carbocycles. The Hall–Kier alpha value is -1.76. The Bertz CT molecular complexity index is 506. The van der Waals surface area contributed by atoms with E-state index in [9.17, 15) is 9.59 Å². The SMILES string of the molecule is CCn1c(N)c(NC(C)CCCO)c(=O)[nH]c1=O. The van der Waals surface area contributed by atoms with Crippen molar-refractivity contribution >= 4 is 11.5 Å². The van der Waals surface area contributed by atoms with Gasteiger partial charge in [0.15, 0.2) is 0 Å². The molecular weight excluding hydrogens is 236 g/mol. The minimum atomic E-state index is -0.516.